The van der Waals surface area contributed by atoms with E-state index in [0.29, 0.717) is 51.6 Å². The fourth-order valence-electron chi connectivity index (χ4n) is 7.81. The first kappa shape index (κ1) is 32.3. The molecule has 1 spiro atoms. The summed E-state index contributed by atoms with van der Waals surface area (Å²) in [5.74, 6) is -2.29. The van der Waals surface area contributed by atoms with E-state index in [9.17, 15) is 19.5 Å². The van der Waals surface area contributed by atoms with Crippen molar-refractivity contribution in [2.24, 2.45) is 17.3 Å². The molecule has 1 N–H and O–H groups in total. The van der Waals surface area contributed by atoms with Crippen molar-refractivity contribution >= 4 is 17.8 Å². The molecule has 0 aromatic carbocycles. The summed E-state index contributed by atoms with van der Waals surface area (Å²) >= 11 is 0. The summed E-state index contributed by atoms with van der Waals surface area (Å²) in [7, 11) is 0. The van der Waals surface area contributed by atoms with E-state index in [1.807, 2.05) is 11.8 Å². The van der Waals surface area contributed by atoms with Crippen molar-refractivity contribution in [1.29, 1.82) is 0 Å². The molecule has 5 atom stereocenters. The van der Waals surface area contributed by atoms with E-state index in [4.69, 9.17) is 9.47 Å². The SMILES string of the molecule is C=CCCOC(=O)[C@H]1[C@H]2C(=O)N(CCCCCO)C(C(=O)N(CC=C)C(C)(C)CC(C)(C)C)C23CC[C@]1(CC)O3. The predicted molar refractivity (Wildman–Crippen MR) is 155 cm³/mol. The smallest absolute Gasteiger partial charge is 0.312 e. The number of aliphatic hydroxyl groups is 1. The molecule has 40 heavy (non-hydrogen) atoms. The minimum Gasteiger partial charge on any atom is -0.465 e. The van der Waals surface area contributed by atoms with Crippen molar-refractivity contribution in [2.75, 3.05) is 26.3 Å². The number of hydrogen-bond acceptors (Lipinski definition) is 6. The van der Waals surface area contributed by atoms with Gasteiger partial charge in [0.1, 0.15) is 17.6 Å². The van der Waals surface area contributed by atoms with Gasteiger partial charge in [-0.2, -0.15) is 0 Å². The number of carbonyl (C=O) groups excluding carboxylic acids is 3. The van der Waals surface area contributed by atoms with E-state index < -0.39 is 40.6 Å². The van der Waals surface area contributed by atoms with E-state index in [-0.39, 0.29) is 30.4 Å². The number of ether oxygens (including phenoxy) is 2. The highest BCUT2D eigenvalue weighted by molar-refractivity contribution is 5.98. The summed E-state index contributed by atoms with van der Waals surface area (Å²) in [6.07, 6.45) is 8.43. The molecule has 0 aromatic rings. The third kappa shape index (κ3) is 5.89. The fraction of sp³-hybridized carbons (Fsp3) is 0.781. The van der Waals surface area contributed by atoms with Gasteiger partial charge in [0.05, 0.1) is 18.1 Å². The zero-order valence-corrected chi connectivity index (χ0v) is 25.7. The van der Waals surface area contributed by atoms with Crippen molar-refractivity contribution in [3.8, 4) is 0 Å². The molecular formula is C32H52N2O6. The first-order valence-electron chi connectivity index (χ1n) is 15.1. The molecule has 2 amide bonds. The number of amides is 2. The van der Waals surface area contributed by atoms with Crippen molar-refractivity contribution in [3.63, 3.8) is 0 Å². The molecule has 0 radical (unpaired) electrons. The number of likely N-dealkylation sites (tertiary alicyclic amines) is 1. The molecule has 0 aromatic heterocycles. The van der Waals surface area contributed by atoms with E-state index in [1.165, 1.54) is 0 Å². The van der Waals surface area contributed by atoms with E-state index >= 15 is 0 Å². The van der Waals surface area contributed by atoms with E-state index in [1.54, 1.807) is 17.1 Å². The van der Waals surface area contributed by atoms with Gasteiger partial charge in [0.15, 0.2) is 0 Å². The Bertz CT molecular complexity index is 971. The van der Waals surface area contributed by atoms with Gasteiger partial charge in [-0.1, -0.05) is 39.8 Å². The Morgan fingerprint density at radius 1 is 1.15 bits per heavy atom. The molecule has 8 nitrogen and oxygen atoms in total. The predicted octanol–water partition coefficient (Wildman–Crippen LogP) is 4.65. The maximum Gasteiger partial charge on any atom is 0.312 e. The van der Waals surface area contributed by atoms with Gasteiger partial charge >= 0.3 is 5.97 Å². The average molecular weight is 561 g/mol. The number of aliphatic hydroxyl groups excluding tert-OH is 1. The van der Waals surface area contributed by atoms with Crippen molar-refractivity contribution in [3.05, 3.63) is 25.3 Å². The maximum absolute atomic E-state index is 14.8. The van der Waals surface area contributed by atoms with Crippen LogP contribution in [0.25, 0.3) is 0 Å². The summed E-state index contributed by atoms with van der Waals surface area (Å²) in [5, 5.41) is 9.29. The number of esters is 1. The van der Waals surface area contributed by atoms with Crippen LogP contribution in [0.5, 0.6) is 0 Å². The van der Waals surface area contributed by atoms with Crippen LogP contribution in [0, 0.1) is 17.3 Å². The first-order valence-corrected chi connectivity index (χ1v) is 15.1. The number of fused-ring (bicyclic) bond motifs is 1. The highest BCUT2D eigenvalue weighted by atomic mass is 16.6. The molecule has 3 fully saturated rings. The van der Waals surface area contributed by atoms with Crippen LogP contribution in [0.15, 0.2) is 25.3 Å². The topological polar surface area (TPSA) is 96.4 Å². The normalized spacial score (nSPS) is 29.4. The molecule has 3 aliphatic rings. The van der Waals surface area contributed by atoms with Crippen molar-refractivity contribution in [2.45, 2.75) is 116 Å². The van der Waals surface area contributed by atoms with Gasteiger partial charge in [-0.05, 0) is 70.6 Å². The Morgan fingerprint density at radius 3 is 2.42 bits per heavy atom. The lowest BCUT2D eigenvalue weighted by Crippen LogP contribution is -2.61. The van der Waals surface area contributed by atoms with Crippen LogP contribution in [0.4, 0.5) is 0 Å². The summed E-state index contributed by atoms with van der Waals surface area (Å²) in [6, 6.07) is -0.835. The van der Waals surface area contributed by atoms with Crippen LogP contribution in [0.2, 0.25) is 0 Å². The van der Waals surface area contributed by atoms with Gasteiger partial charge in [-0.3, -0.25) is 14.4 Å². The van der Waals surface area contributed by atoms with Crippen LogP contribution in [-0.2, 0) is 23.9 Å². The van der Waals surface area contributed by atoms with E-state index in [0.717, 1.165) is 12.8 Å². The molecule has 2 unspecified atom stereocenters. The lowest BCUT2D eigenvalue weighted by molar-refractivity contribution is -0.163. The maximum atomic E-state index is 14.8. The highest BCUT2D eigenvalue weighted by Crippen LogP contribution is 2.64. The number of hydrogen-bond donors (Lipinski definition) is 1. The van der Waals surface area contributed by atoms with Gasteiger partial charge in [0.2, 0.25) is 11.8 Å². The molecule has 0 aliphatic carbocycles. The molecule has 8 heteroatoms. The third-order valence-electron chi connectivity index (χ3n) is 9.06. The number of nitrogens with zero attached hydrogens (tertiary/aromatic N) is 2. The zero-order chi connectivity index (χ0) is 29.9. The second-order valence-corrected chi connectivity index (χ2v) is 13.7. The van der Waals surface area contributed by atoms with Crippen LogP contribution < -0.4 is 0 Å². The Morgan fingerprint density at radius 2 is 1.85 bits per heavy atom. The van der Waals surface area contributed by atoms with Gasteiger partial charge < -0.3 is 24.4 Å². The lowest BCUT2D eigenvalue weighted by atomic mass is 9.65. The van der Waals surface area contributed by atoms with Gasteiger partial charge in [-0.25, -0.2) is 0 Å². The Kier molecular flexibility index (Phi) is 9.99. The highest BCUT2D eigenvalue weighted by Gasteiger charge is 2.79. The zero-order valence-electron chi connectivity index (χ0n) is 25.7. The fourth-order valence-corrected chi connectivity index (χ4v) is 7.81. The summed E-state index contributed by atoms with van der Waals surface area (Å²) in [4.78, 5) is 46.1. The van der Waals surface area contributed by atoms with Crippen LogP contribution >= 0.6 is 0 Å². The minimum absolute atomic E-state index is 0.0334. The van der Waals surface area contributed by atoms with Gasteiger partial charge in [-0.15, -0.1) is 13.2 Å². The van der Waals surface area contributed by atoms with Gasteiger partial charge in [0.25, 0.3) is 0 Å². The molecule has 3 rings (SSSR count). The third-order valence-corrected chi connectivity index (χ3v) is 9.06. The lowest BCUT2D eigenvalue weighted by Gasteiger charge is -2.45. The summed E-state index contributed by atoms with van der Waals surface area (Å²) in [6.45, 7) is 21.2. The Hall–Kier alpha value is -2.19. The monoisotopic (exact) mass is 560 g/mol. The summed E-state index contributed by atoms with van der Waals surface area (Å²) < 4.78 is 12.5. The minimum atomic E-state index is -1.08. The van der Waals surface area contributed by atoms with Gasteiger partial charge in [0, 0.05) is 25.2 Å². The van der Waals surface area contributed by atoms with Crippen LogP contribution in [0.3, 0.4) is 0 Å². The molecule has 226 valence electrons. The largest absolute Gasteiger partial charge is 0.465 e. The molecule has 3 saturated heterocycles. The van der Waals surface area contributed by atoms with Crippen molar-refractivity contribution in [1.82, 2.24) is 9.80 Å². The molecular weight excluding hydrogens is 508 g/mol. The quantitative estimate of drug-likeness (QED) is 0.178. The number of rotatable bonds is 15. The Labute approximate surface area is 241 Å². The number of unbranched alkanes of at least 4 members (excludes halogenated alkanes) is 2. The summed E-state index contributed by atoms with van der Waals surface area (Å²) in [5.41, 5.74) is -2.45. The molecule has 3 aliphatic heterocycles. The van der Waals surface area contributed by atoms with Crippen LogP contribution in [0.1, 0.15) is 92.9 Å². The van der Waals surface area contributed by atoms with Crippen LogP contribution in [-0.4, -0.2) is 81.8 Å². The molecule has 3 heterocycles. The van der Waals surface area contributed by atoms with E-state index in [2.05, 4.69) is 47.8 Å². The molecule has 2 bridgehead atoms. The Balaban J connectivity index is 2.07. The second-order valence-electron chi connectivity index (χ2n) is 13.7. The standard InChI is InChI=1S/C32H52N2O6/c1-9-12-21-39-28(38)24-23-26(36)33(19-14-13-15-20-35)25(32(23)17-16-31(24,11-3)40-32)27(37)34(18-10-2)30(7,8)22-29(4,5)6/h9-10,23-25,35H,1-2,11-22H2,3-8H3/t23-,24+,25?,31-,32?/m0/s1. The second kappa shape index (κ2) is 12.4. The average Bonchev–Trinajstić information content (AvgIpc) is 3.47. The first-order chi connectivity index (χ1) is 18.7. The molecule has 0 saturated carbocycles. The van der Waals surface area contributed by atoms with Crippen molar-refractivity contribution < 1.29 is 29.0 Å². The number of carbonyl (C=O) groups is 3.